The van der Waals surface area contributed by atoms with Crippen molar-refractivity contribution in [2.75, 3.05) is 24.5 Å². The van der Waals surface area contributed by atoms with E-state index in [2.05, 4.69) is 35.3 Å². The molecule has 1 saturated heterocycles. The highest BCUT2D eigenvalue weighted by molar-refractivity contribution is 5.56. The maximum absolute atomic E-state index is 3.60. The van der Waals surface area contributed by atoms with Crippen molar-refractivity contribution >= 4 is 5.69 Å². The number of aryl methyl sites for hydroxylation is 2. The number of hydrogen-bond acceptors (Lipinski definition) is 2. The van der Waals surface area contributed by atoms with Crippen LogP contribution >= 0.6 is 0 Å². The molecular weight excluding hydrogens is 220 g/mol. The Kier molecular flexibility index (Phi) is 3.55. The van der Waals surface area contributed by atoms with Gasteiger partial charge in [0.1, 0.15) is 0 Å². The van der Waals surface area contributed by atoms with E-state index < -0.39 is 0 Å². The molecule has 1 aromatic rings. The van der Waals surface area contributed by atoms with E-state index in [1.165, 1.54) is 63.0 Å². The highest BCUT2D eigenvalue weighted by Crippen LogP contribution is 2.28. The summed E-state index contributed by atoms with van der Waals surface area (Å²) in [4.78, 5) is 2.60. The van der Waals surface area contributed by atoms with Crippen LogP contribution in [-0.4, -0.2) is 25.7 Å². The molecule has 2 heteroatoms. The van der Waals surface area contributed by atoms with Crippen molar-refractivity contribution < 1.29 is 0 Å². The Morgan fingerprint density at radius 3 is 3.11 bits per heavy atom. The fourth-order valence-electron chi connectivity index (χ4n) is 3.35. The molecule has 0 bridgehead atoms. The van der Waals surface area contributed by atoms with Gasteiger partial charge in [-0.3, -0.25) is 0 Å². The minimum atomic E-state index is 0.765. The third-order valence-electron chi connectivity index (χ3n) is 4.36. The van der Waals surface area contributed by atoms with Gasteiger partial charge in [-0.1, -0.05) is 17.7 Å². The molecule has 1 N–H and O–H groups in total. The Balaban J connectivity index is 1.67. The average Bonchev–Trinajstić information content (AvgIpc) is 2.89. The highest BCUT2D eigenvalue weighted by Gasteiger charge is 2.19. The van der Waals surface area contributed by atoms with E-state index in [1.807, 2.05) is 0 Å². The number of nitrogens with zero attached hydrogens (tertiary/aromatic N) is 1. The van der Waals surface area contributed by atoms with E-state index >= 15 is 0 Å². The summed E-state index contributed by atoms with van der Waals surface area (Å²) in [5.74, 6) is 0. The topological polar surface area (TPSA) is 15.3 Å². The standard InChI is InChI=1S/C16H24N2/c1-13-6-7-16-14(12-13)4-3-10-18(16)11-8-15-5-2-9-17-15/h6-7,12,15,17H,2-5,8-11H2,1H3. The fourth-order valence-corrected chi connectivity index (χ4v) is 3.35. The fraction of sp³-hybridized carbons (Fsp3) is 0.625. The molecule has 18 heavy (non-hydrogen) atoms. The summed E-state index contributed by atoms with van der Waals surface area (Å²) in [5.41, 5.74) is 4.44. The lowest BCUT2D eigenvalue weighted by atomic mass is 9.99. The molecule has 1 atom stereocenters. The number of rotatable bonds is 3. The summed E-state index contributed by atoms with van der Waals surface area (Å²) in [6.07, 6.45) is 6.60. The van der Waals surface area contributed by atoms with Crippen LogP contribution in [-0.2, 0) is 6.42 Å². The molecule has 2 aliphatic rings. The van der Waals surface area contributed by atoms with Crippen LogP contribution in [0.15, 0.2) is 18.2 Å². The largest absolute Gasteiger partial charge is 0.371 e. The van der Waals surface area contributed by atoms with Gasteiger partial charge in [0.15, 0.2) is 0 Å². The number of nitrogens with one attached hydrogen (secondary N) is 1. The maximum atomic E-state index is 3.60. The van der Waals surface area contributed by atoms with Crippen LogP contribution in [0.5, 0.6) is 0 Å². The first-order valence-electron chi connectivity index (χ1n) is 7.41. The van der Waals surface area contributed by atoms with Gasteiger partial charge in [0, 0.05) is 24.8 Å². The molecule has 1 aromatic carbocycles. The van der Waals surface area contributed by atoms with Crippen LogP contribution in [0.3, 0.4) is 0 Å². The van der Waals surface area contributed by atoms with Crippen molar-refractivity contribution in [1.82, 2.24) is 5.32 Å². The molecule has 2 aliphatic heterocycles. The first-order valence-corrected chi connectivity index (χ1v) is 7.41. The Morgan fingerprint density at radius 1 is 1.33 bits per heavy atom. The van der Waals surface area contributed by atoms with Crippen molar-refractivity contribution in [2.24, 2.45) is 0 Å². The lowest BCUT2D eigenvalue weighted by Gasteiger charge is -2.32. The number of benzene rings is 1. The lowest BCUT2D eigenvalue weighted by molar-refractivity contribution is 0.542. The molecule has 0 radical (unpaired) electrons. The smallest absolute Gasteiger partial charge is 0.0398 e. The first-order chi connectivity index (χ1) is 8.83. The zero-order chi connectivity index (χ0) is 12.4. The summed E-state index contributed by atoms with van der Waals surface area (Å²) in [5, 5.41) is 3.60. The number of fused-ring (bicyclic) bond motifs is 1. The van der Waals surface area contributed by atoms with Gasteiger partial charge in [-0.25, -0.2) is 0 Å². The van der Waals surface area contributed by atoms with Crippen LogP contribution in [0.25, 0.3) is 0 Å². The van der Waals surface area contributed by atoms with E-state index in [1.54, 1.807) is 5.56 Å². The Morgan fingerprint density at radius 2 is 2.28 bits per heavy atom. The molecule has 0 spiro atoms. The molecule has 2 nitrogen and oxygen atoms in total. The van der Waals surface area contributed by atoms with Gasteiger partial charge in [-0.05, 0) is 57.2 Å². The van der Waals surface area contributed by atoms with Crippen molar-refractivity contribution in [3.05, 3.63) is 29.3 Å². The highest BCUT2D eigenvalue weighted by atomic mass is 15.1. The Labute approximate surface area is 110 Å². The van der Waals surface area contributed by atoms with Crippen molar-refractivity contribution in [1.29, 1.82) is 0 Å². The molecule has 0 aliphatic carbocycles. The van der Waals surface area contributed by atoms with E-state index in [4.69, 9.17) is 0 Å². The molecule has 1 unspecified atom stereocenters. The van der Waals surface area contributed by atoms with Crippen molar-refractivity contribution in [2.45, 2.75) is 45.1 Å². The SMILES string of the molecule is Cc1ccc2c(c1)CCCN2CCC1CCCN1. The lowest BCUT2D eigenvalue weighted by Crippen LogP contribution is -2.34. The van der Waals surface area contributed by atoms with Crippen LogP contribution in [0, 0.1) is 6.92 Å². The summed E-state index contributed by atoms with van der Waals surface area (Å²) >= 11 is 0. The third-order valence-corrected chi connectivity index (χ3v) is 4.36. The molecule has 2 heterocycles. The summed E-state index contributed by atoms with van der Waals surface area (Å²) < 4.78 is 0. The third kappa shape index (κ3) is 2.54. The van der Waals surface area contributed by atoms with Gasteiger partial charge in [-0.15, -0.1) is 0 Å². The second-order valence-electron chi connectivity index (χ2n) is 5.80. The summed E-state index contributed by atoms with van der Waals surface area (Å²) in [6.45, 7) is 5.87. The maximum Gasteiger partial charge on any atom is 0.0398 e. The van der Waals surface area contributed by atoms with Gasteiger partial charge in [0.2, 0.25) is 0 Å². The number of anilines is 1. The predicted molar refractivity (Wildman–Crippen MR) is 77.4 cm³/mol. The van der Waals surface area contributed by atoms with Crippen molar-refractivity contribution in [3.8, 4) is 0 Å². The second-order valence-corrected chi connectivity index (χ2v) is 5.80. The van der Waals surface area contributed by atoms with E-state index in [-0.39, 0.29) is 0 Å². The quantitative estimate of drug-likeness (QED) is 0.879. The Hall–Kier alpha value is -1.02. The van der Waals surface area contributed by atoms with Crippen LogP contribution in [0.4, 0.5) is 5.69 Å². The van der Waals surface area contributed by atoms with E-state index in [0.29, 0.717) is 0 Å². The molecule has 0 aromatic heterocycles. The molecule has 0 saturated carbocycles. The molecule has 98 valence electrons. The van der Waals surface area contributed by atoms with Crippen LogP contribution in [0.2, 0.25) is 0 Å². The normalized spacial score (nSPS) is 23.2. The molecule has 1 fully saturated rings. The minimum Gasteiger partial charge on any atom is -0.371 e. The zero-order valence-corrected chi connectivity index (χ0v) is 11.4. The minimum absolute atomic E-state index is 0.765. The van der Waals surface area contributed by atoms with Gasteiger partial charge < -0.3 is 10.2 Å². The second kappa shape index (κ2) is 5.31. The van der Waals surface area contributed by atoms with Gasteiger partial charge in [0.05, 0.1) is 0 Å². The molecular formula is C16H24N2. The van der Waals surface area contributed by atoms with Crippen molar-refractivity contribution in [3.63, 3.8) is 0 Å². The predicted octanol–water partition coefficient (Wildman–Crippen LogP) is 2.89. The summed E-state index contributed by atoms with van der Waals surface area (Å²) in [6, 6.07) is 7.72. The van der Waals surface area contributed by atoms with Crippen LogP contribution in [0.1, 0.15) is 36.8 Å². The zero-order valence-electron chi connectivity index (χ0n) is 11.4. The average molecular weight is 244 g/mol. The first kappa shape index (κ1) is 12.0. The van der Waals surface area contributed by atoms with Gasteiger partial charge in [0.25, 0.3) is 0 Å². The van der Waals surface area contributed by atoms with Gasteiger partial charge in [-0.2, -0.15) is 0 Å². The Bertz CT molecular complexity index is 408. The van der Waals surface area contributed by atoms with E-state index in [9.17, 15) is 0 Å². The molecule has 3 rings (SSSR count). The van der Waals surface area contributed by atoms with E-state index in [0.717, 1.165) is 6.04 Å². The monoisotopic (exact) mass is 244 g/mol. The molecule has 0 amide bonds. The number of hydrogen-bond donors (Lipinski definition) is 1. The summed E-state index contributed by atoms with van der Waals surface area (Å²) in [7, 11) is 0. The van der Waals surface area contributed by atoms with Crippen LogP contribution < -0.4 is 10.2 Å². The van der Waals surface area contributed by atoms with Gasteiger partial charge >= 0.3 is 0 Å².